The summed E-state index contributed by atoms with van der Waals surface area (Å²) in [7, 11) is 0. The zero-order chi connectivity index (χ0) is 15.4. The summed E-state index contributed by atoms with van der Waals surface area (Å²) in [5.74, 6) is 0.668. The molecule has 0 unspecified atom stereocenters. The van der Waals surface area contributed by atoms with Crippen molar-refractivity contribution < 1.29 is 9.72 Å². The molecular formula is C16H22N2O3. The van der Waals surface area contributed by atoms with Gasteiger partial charge in [-0.15, -0.1) is 0 Å². The van der Waals surface area contributed by atoms with E-state index in [2.05, 4.69) is 18.7 Å². The standard InChI is InChI=1S/C16H22N2O3/c1-12(2)9-10-17(14-7-8-14)11-16(19)13-3-5-15(6-4-13)18(20)21/h3-6,12,14H,7-11H2,1-2H3. The zero-order valence-electron chi connectivity index (χ0n) is 12.6. The molecular weight excluding hydrogens is 268 g/mol. The molecule has 0 spiro atoms. The number of non-ortho nitro benzene ring substituents is 1. The van der Waals surface area contributed by atoms with Gasteiger partial charge in [-0.2, -0.15) is 0 Å². The first-order valence-electron chi connectivity index (χ1n) is 7.49. The van der Waals surface area contributed by atoms with Crippen LogP contribution in [0.4, 0.5) is 5.69 Å². The zero-order valence-corrected chi connectivity index (χ0v) is 12.6. The third-order valence-electron chi connectivity index (χ3n) is 3.80. The fourth-order valence-electron chi connectivity index (χ4n) is 2.30. The first kappa shape index (κ1) is 15.6. The average molecular weight is 290 g/mol. The van der Waals surface area contributed by atoms with Gasteiger partial charge in [0.15, 0.2) is 5.78 Å². The van der Waals surface area contributed by atoms with Crippen LogP contribution in [0, 0.1) is 16.0 Å². The summed E-state index contributed by atoms with van der Waals surface area (Å²) in [5.41, 5.74) is 0.571. The van der Waals surface area contributed by atoms with Crippen LogP contribution >= 0.6 is 0 Å². The molecule has 0 aliphatic heterocycles. The highest BCUT2D eigenvalue weighted by atomic mass is 16.6. The van der Waals surface area contributed by atoms with Crippen LogP contribution in [0.1, 0.15) is 43.5 Å². The van der Waals surface area contributed by atoms with Crippen molar-refractivity contribution in [3.63, 3.8) is 0 Å². The Kier molecular flexibility index (Phi) is 5.07. The highest BCUT2D eigenvalue weighted by molar-refractivity contribution is 5.97. The first-order valence-corrected chi connectivity index (χ1v) is 7.49. The Balaban J connectivity index is 1.96. The number of benzene rings is 1. The number of carbonyl (C=O) groups excluding carboxylic acids is 1. The number of nitro groups is 1. The van der Waals surface area contributed by atoms with E-state index in [0.29, 0.717) is 24.1 Å². The first-order chi connectivity index (χ1) is 9.97. The molecule has 1 aromatic carbocycles. The number of hydrogen-bond donors (Lipinski definition) is 0. The van der Waals surface area contributed by atoms with Gasteiger partial charge in [-0.05, 0) is 43.9 Å². The minimum Gasteiger partial charge on any atom is -0.293 e. The molecule has 0 bridgehead atoms. The highest BCUT2D eigenvalue weighted by Gasteiger charge is 2.30. The van der Waals surface area contributed by atoms with Crippen LogP contribution in [-0.4, -0.2) is 34.7 Å². The Bertz CT molecular complexity index is 507. The third-order valence-corrected chi connectivity index (χ3v) is 3.80. The van der Waals surface area contributed by atoms with Crippen LogP contribution in [0.25, 0.3) is 0 Å². The molecule has 1 aromatic rings. The minimum absolute atomic E-state index is 0.0189. The molecule has 1 fully saturated rings. The molecule has 0 aromatic heterocycles. The summed E-state index contributed by atoms with van der Waals surface area (Å²) in [6.07, 6.45) is 3.43. The summed E-state index contributed by atoms with van der Waals surface area (Å²) in [6, 6.07) is 6.43. The van der Waals surface area contributed by atoms with Crippen molar-refractivity contribution in [1.82, 2.24) is 4.90 Å². The predicted octanol–water partition coefficient (Wildman–Crippen LogP) is 3.29. The van der Waals surface area contributed by atoms with Crippen LogP contribution in [0.5, 0.6) is 0 Å². The van der Waals surface area contributed by atoms with Crippen molar-refractivity contribution in [2.24, 2.45) is 5.92 Å². The molecule has 5 nitrogen and oxygen atoms in total. The van der Waals surface area contributed by atoms with E-state index < -0.39 is 4.92 Å². The molecule has 0 N–H and O–H groups in total. The molecule has 5 heteroatoms. The Labute approximate surface area is 125 Å². The van der Waals surface area contributed by atoms with Gasteiger partial charge in [0, 0.05) is 23.7 Å². The van der Waals surface area contributed by atoms with Crippen molar-refractivity contribution in [2.45, 2.75) is 39.2 Å². The number of rotatable bonds is 8. The Morgan fingerprint density at radius 2 is 1.95 bits per heavy atom. The molecule has 2 rings (SSSR count). The smallest absolute Gasteiger partial charge is 0.269 e. The maximum atomic E-state index is 12.3. The lowest BCUT2D eigenvalue weighted by Gasteiger charge is -2.22. The van der Waals surface area contributed by atoms with E-state index in [1.165, 1.54) is 25.0 Å². The monoisotopic (exact) mass is 290 g/mol. The van der Waals surface area contributed by atoms with Crippen LogP contribution < -0.4 is 0 Å². The van der Waals surface area contributed by atoms with Gasteiger partial charge in [-0.25, -0.2) is 0 Å². The molecule has 114 valence electrons. The van der Waals surface area contributed by atoms with Gasteiger partial charge in [0.25, 0.3) is 5.69 Å². The number of Topliss-reactive ketones (excluding diaryl/α,β-unsaturated/α-hetero) is 1. The Morgan fingerprint density at radius 1 is 1.33 bits per heavy atom. The molecule has 21 heavy (non-hydrogen) atoms. The number of nitrogens with zero attached hydrogens (tertiary/aromatic N) is 2. The molecule has 0 heterocycles. The second-order valence-electron chi connectivity index (χ2n) is 6.11. The van der Waals surface area contributed by atoms with E-state index in [1.807, 2.05) is 0 Å². The van der Waals surface area contributed by atoms with Crippen molar-refractivity contribution in [3.8, 4) is 0 Å². The molecule has 1 aliphatic rings. The minimum atomic E-state index is -0.451. The van der Waals surface area contributed by atoms with Gasteiger partial charge in [0.2, 0.25) is 0 Å². The average Bonchev–Trinajstić information content (AvgIpc) is 3.27. The summed E-state index contributed by atoms with van der Waals surface area (Å²) in [5, 5.41) is 10.6. The summed E-state index contributed by atoms with van der Waals surface area (Å²) >= 11 is 0. The van der Waals surface area contributed by atoms with Gasteiger partial charge >= 0.3 is 0 Å². The van der Waals surface area contributed by atoms with Crippen molar-refractivity contribution >= 4 is 11.5 Å². The van der Waals surface area contributed by atoms with E-state index in [4.69, 9.17) is 0 Å². The van der Waals surface area contributed by atoms with Gasteiger partial charge in [0.05, 0.1) is 11.5 Å². The molecule has 0 amide bonds. The van der Waals surface area contributed by atoms with Crippen molar-refractivity contribution in [1.29, 1.82) is 0 Å². The number of carbonyl (C=O) groups is 1. The Hall–Kier alpha value is -1.75. The highest BCUT2D eigenvalue weighted by Crippen LogP contribution is 2.27. The van der Waals surface area contributed by atoms with E-state index in [1.54, 1.807) is 12.1 Å². The molecule has 1 saturated carbocycles. The van der Waals surface area contributed by atoms with Crippen molar-refractivity contribution in [2.75, 3.05) is 13.1 Å². The van der Waals surface area contributed by atoms with E-state index in [9.17, 15) is 14.9 Å². The second kappa shape index (κ2) is 6.80. The van der Waals surface area contributed by atoms with E-state index in [-0.39, 0.29) is 11.5 Å². The van der Waals surface area contributed by atoms with Crippen LogP contribution in [0.3, 0.4) is 0 Å². The number of hydrogen-bond acceptors (Lipinski definition) is 4. The summed E-state index contributed by atoms with van der Waals surface area (Å²) < 4.78 is 0. The van der Waals surface area contributed by atoms with Gasteiger partial charge < -0.3 is 0 Å². The lowest BCUT2D eigenvalue weighted by molar-refractivity contribution is -0.384. The quantitative estimate of drug-likeness (QED) is 0.418. The molecule has 0 saturated heterocycles. The van der Waals surface area contributed by atoms with Crippen molar-refractivity contribution in [3.05, 3.63) is 39.9 Å². The van der Waals surface area contributed by atoms with Gasteiger partial charge in [-0.1, -0.05) is 13.8 Å². The van der Waals surface area contributed by atoms with E-state index >= 15 is 0 Å². The fourth-order valence-corrected chi connectivity index (χ4v) is 2.30. The van der Waals surface area contributed by atoms with Crippen LogP contribution in [0.15, 0.2) is 24.3 Å². The molecule has 0 radical (unpaired) electrons. The normalized spacial score (nSPS) is 14.7. The maximum Gasteiger partial charge on any atom is 0.269 e. The summed E-state index contributed by atoms with van der Waals surface area (Å²) in [6.45, 7) is 5.72. The Morgan fingerprint density at radius 3 is 2.43 bits per heavy atom. The second-order valence-corrected chi connectivity index (χ2v) is 6.11. The lowest BCUT2D eigenvalue weighted by Crippen LogP contribution is -2.33. The van der Waals surface area contributed by atoms with E-state index in [0.717, 1.165) is 13.0 Å². The van der Waals surface area contributed by atoms with Crippen LogP contribution in [-0.2, 0) is 0 Å². The molecule has 1 aliphatic carbocycles. The SMILES string of the molecule is CC(C)CCN(CC(=O)c1ccc([N+](=O)[O-])cc1)C1CC1. The van der Waals surface area contributed by atoms with Gasteiger partial charge in [0.1, 0.15) is 0 Å². The maximum absolute atomic E-state index is 12.3. The lowest BCUT2D eigenvalue weighted by atomic mass is 10.1. The summed E-state index contributed by atoms with van der Waals surface area (Å²) in [4.78, 5) is 24.7. The predicted molar refractivity (Wildman–Crippen MR) is 81.5 cm³/mol. The largest absolute Gasteiger partial charge is 0.293 e. The third kappa shape index (κ3) is 4.63. The number of ketones is 1. The van der Waals surface area contributed by atoms with Gasteiger partial charge in [-0.3, -0.25) is 19.8 Å². The number of nitro benzene ring substituents is 1. The van der Waals surface area contributed by atoms with Crippen LogP contribution in [0.2, 0.25) is 0 Å². The fraction of sp³-hybridized carbons (Fsp3) is 0.562. The topological polar surface area (TPSA) is 63.5 Å². The molecule has 0 atom stereocenters.